The van der Waals surface area contributed by atoms with Crippen LogP contribution in [0.5, 0.6) is 0 Å². The molecule has 1 aliphatic heterocycles. The molecule has 3 aromatic rings. The van der Waals surface area contributed by atoms with E-state index in [4.69, 9.17) is 16.6 Å². The molecular weight excluding hydrogens is 306 g/mol. The van der Waals surface area contributed by atoms with Gasteiger partial charge >= 0.3 is 0 Å². The van der Waals surface area contributed by atoms with Crippen LogP contribution >= 0.6 is 12.2 Å². The molecule has 1 aromatic heterocycles. The molecule has 0 bridgehead atoms. The van der Waals surface area contributed by atoms with Crippen LogP contribution in [0.1, 0.15) is 11.1 Å². The predicted molar refractivity (Wildman–Crippen MR) is 90.4 cm³/mol. The van der Waals surface area contributed by atoms with E-state index in [0.717, 1.165) is 31.7 Å². The summed E-state index contributed by atoms with van der Waals surface area (Å²) in [5.74, 6) is 0.590. The summed E-state index contributed by atoms with van der Waals surface area (Å²) in [5.41, 5.74) is 3.84. The number of benzene rings is 2. The van der Waals surface area contributed by atoms with Crippen molar-refractivity contribution in [1.82, 2.24) is 9.78 Å². The number of nitrogens with zero attached hydrogens (tertiary/aromatic N) is 2. The Kier molecular flexibility index (Phi) is 3.81. The zero-order chi connectivity index (χ0) is 15.6. The van der Waals surface area contributed by atoms with Gasteiger partial charge in [-0.2, -0.15) is 4.68 Å². The van der Waals surface area contributed by atoms with Gasteiger partial charge in [0.05, 0.1) is 6.54 Å². The second-order valence-electron chi connectivity index (χ2n) is 5.89. The summed E-state index contributed by atoms with van der Waals surface area (Å²) in [4.78, 5) is 1.89. The monoisotopic (exact) mass is 324 g/mol. The molecule has 0 spiro atoms. The molecule has 0 radical (unpaired) electrons. The molecule has 5 heteroatoms. The first-order valence-corrected chi connectivity index (χ1v) is 8.24. The molecule has 23 heavy (non-hydrogen) atoms. The van der Waals surface area contributed by atoms with Crippen molar-refractivity contribution in [3.05, 3.63) is 70.6 Å². The summed E-state index contributed by atoms with van der Waals surface area (Å²) in [7, 11) is 0. The maximum absolute atomic E-state index is 5.67. The van der Waals surface area contributed by atoms with Crippen molar-refractivity contribution in [2.24, 2.45) is 0 Å². The molecule has 0 amide bonds. The Morgan fingerprint density at radius 3 is 2.61 bits per heavy atom. The van der Waals surface area contributed by atoms with E-state index in [1.807, 2.05) is 30.3 Å². The van der Waals surface area contributed by atoms with Crippen LogP contribution < -0.4 is 4.90 Å². The van der Waals surface area contributed by atoms with E-state index < -0.39 is 0 Å². The molecule has 0 saturated carbocycles. The van der Waals surface area contributed by atoms with Gasteiger partial charge in [-0.15, -0.1) is 5.10 Å². The predicted octanol–water partition coefficient (Wildman–Crippen LogP) is 2.47. The van der Waals surface area contributed by atoms with Crippen molar-refractivity contribution in [2.75, 3.05) is 6.54 Å². The van der Waals surface area contributed by atoms with Crippen LogP contribution in [0.25, 0.3) is 11.5 Å². The van der Waals surface area contributed by atoms with Gasteiger partial charge in [-0.05, 0) is 29.9 Å². The second-order valence-corrected chi connectivity index (χ2v) is 6.24. The molecule has 1 unspecified atom stereocenters. The normalized spacial score (nSPS) is 17.0. The number of nitrogens with one attached hydrogen (secondary N) is 1. The summed E-state index contributed by atoms with van der Waals surface area (Å²) < 4.78 is 7.47. The summed E-state index contributed by atoms with van der Waals surface area (Å²) >= 11 is 5.34. The zero-order valence-corrected chi connectivity index (χ0v) is 13.6. The van der Waals surface area contributed by atoms with Crippen LogP contribution in [0.15, 0.2) is 59.0 Å². The van der Waals surface area contributed by atoms with Gasteiger partial charge in [0, 0.05) is 17.5 Å². The van der Waals surface area contributed by atoms with Crippen LogP contribution in [0.4, 0.5) is 0 Å². The van der Waals surface area contributed by atoms with Crippen molar-refractivity contribution in [3.8, 4) is 11.5 Å². The summed E-state index contributed by atoms with van der Waals surface area (Å²) in [6.45, 7) is 2.83. The van der Waals surface area contributed by atoms with Gasteiger partial charge in [-0.3, -0.25) is 0 Å². The average Bonchev–Trinajstić information content (AvgIpc) is 2.96. The Labute approximate surface area is 140 Å². The fraction of sp³-hybridized carbons (Fsp3) is 0.222. The lowest BCUT2D eigenvalue weighted by atomic mass is 10.0. The molecule has 1 aliphatic rings. The Bertz CT molecular complexity index is 869. The largest absolute Gasteiger partial charge is 0.409 e. The molecular formula is C18H18N3OS+. The quantitative estimate of drug-likeness (QED) is 0.752. The molecule has 116 valence electrons. The molecule has 4 nitrogen and oxygen atoms in total. The van der Waals surface area contributed by atoms with Crippen LogP contribution in [-0.4, -0.2) is 16.3 Å². The highest BCUT2D eigenvalue weighted by atomic mass is 32.1. The van der Waals surface area contributed by atoms with E-state index in [1.54, 1.807) is 4.68 Å². The van der Waals surface area contributed by atoms with E-state index in [9.17, 15) is 0 Å². The highest BCUT2D eigenvalue weighted by Crippen LogP contribution is 2.16. The Hall–Kier alpha value is -2.24. The number of fused-ring (bicyclic) bond motifs is 1. The number of quaternary nitrogens is 1. The maximum Gasteiger partial charge on any atom is 0.292 e. The van der Waals surface area contributed by atoms with E-state index >= 15 is 0 Å². The number of hydrogen-bond acceptors (Lipinski definition) is 3. The average molecular weight is 324 g/mol. The van der Waals surface area contributed by atoms with E-state index in [0.29, 0.717) is 10.7 Å². The third kappa shape index (κ3) is 2.98. The maximum atomic E-state index is 5.67. The van der Waals surface area contributed by atoms with Gasteiger partial charge in [-0.1, -0.05) is 42.5 Å². The molecule has 0 fully saturated rings. The third-order valence-corrected chi connectivity index (χ3v) is 4.60. The number of hydrogen-bond donors (Lipinski definition) is 1. The third-order valence-electron chi connectivity index (χ3n) is 4.31. The number of aromatic nitrogens is 2. The fourth-order valence-electron chi connectivity index (χ4n) is 3.09. The molecule has 1 atom stereocenters. The minimum Gasteiger partial charge on any atom is -0.409 e. The standard InChI is InChI=1S/C18H17N3OS/c23-18-21(19-17(22-18)15-7-2-1-3-8-15)13-20-11-10-14-6-4-5-9-16(14)12-20/h1-9H,10-13H2/p+1. The Morgan fingerprint density at radius 2 is 1.78 bits per heavy atom. The summed E-state index contributed by atoms with van der Waals surface area (Å²) in [6.07, 6.45) is 1.10. The van der Waals surface area contributed by atoms with E-state index in [1.165, 1.54) is 16.0 Å². The van der Waals surface area contributed by atoms with Crippen molar-refractivity contribution in [3.63, 3.8) is 0 Å². The topological polar surface area (TPSA) is 35.4 Å². The van der Waals surface area contributed by atoms with Crippen LogP contribution in [-0.2, 0) is 19.6 Å². The number of rotatable bonds is 3. The van der Waals surface area contributed by atoms with E-state index in [2.05, 4.69) is 29.4 Å². The molecule has 0 saturated heterocycles. The minimum atomic E-state index is 0.440. The SMILES string of the molecule is S=c1oc(-c2ccccc2)nn1C[NH+]1CCc2ccccc2C1. The Morgan fingerprint density at radius 1 is 1.04 bits per heavy atom. The lowest BCUT2D eigenvalue weighted by Gasteiger charge is -2.25. The van der Waals surface area contributed by atoms with Gasteiger partial charge < -0.3 is 9.32 Å². The first-order chi connectivity index (χ1) is 11.3. The summed E-state index contributed by atoms with van der Waals surface area (Å²) in [6, 6.07) is 18.5. The van der Waals surface area contributed by atoms with Crippen molar-refractivity contribution < 1.29 is 9.32 Å². The fourth-order valence-corrected chi connectivity index (χ4v) is 3.28. The van der Waals surface area contributed by atoms with Gasteiger partial charge in [-0.25, -0.2) is 0 Å². The zero-order valence-electron chi connectivity index (χ0n) is 12.7. The van der Waals surface area contributed by atoms with Crippen molar-refractivity contribution >= 4 is 12.2 Å². The first kappa shape index (κ1) is 14.4. The second kappa shape index (κ2) is 6.10. The van der Waals surface area contributed by atoms with Crippen molar-refractivity contribution in [1.29, 1.82) is 0 Å². The molecule has 2 aromatic carbocycles. The van der Waals surface area contributed by atoms with Gasteiger partial charge in [0.25, 0.3) is 4.84 Å². The molecule has 1 N–H and O–H groups in total. The smallest absolute Gasteiger partial charge is 0.292 e. The lowest BCUT2D eigenvalue weighted by Crippen LogP contribution is -3.11. The van der Waals surface area contributed by atoms with Crippen molar-refractivity contribution in [2.45, 2.75) is 19.6 Å². The first-order valence-electron chi connectivity index (χ1n) is 7.83. The van der Waals surface area contributed by atoms with Gasteiger partial charge in [0.2, 0.25) is 5.89 Å². The van der Waals surface area contributed by atoms with Crippen LogP contribution in [0.2, 0.25) is 0 Å². The summed E-state index contributed by atoms with van der Waals surface area (Å²) in [5, 5.41) is 4.56. The van der Waals surface area contributed by atoms with Gasteiger partial charge in [0.1, 0.15) is 6.54 Å². The highest BCUT2D eigenvalue weighted by Gasteiger charge is 2.20. The Balaban J connectivity index is 1.54. The van der Waals surface area contributed by atoms with E-state index in [-0.39, 0.29) is 0 Å². The van der Waals surface area contributed by atoms with Gasteiger partial charge in [0.15, 0.2) is 6.67 Å². The van der Waals surface area contributed by atoms with Crippen LogP contribution in [0.3, 0.4) is 0 Å². The highest BCUT2D eigenvalue weighted by molar-refractivity contribution is 7.71. The molecule has 0 aliphatic carbocycles. The molecule has 4 rings (SSSR count). The molecule has 2 heterocycles. The lowest BCUT2D eigenvalue weighted by molar-refractivity contribution is -0.939. The minimum absolute atomic E-state index is 0.440. The van der Waals surface area contributed by atoms with Crippen LogP contribution in [0, 0.1) is 4.84 Å².